The number of Topliss-reactive ketones (excluding diaryl/α,β-unsaturated/α-hetero) is 1. The third-order valence-electron chi connectivity index (χ3n) is 5.38. The largest absolute Gasteiger partial charge is 0.294 e. The van der Waals surface area contributed by atoms with Gasteiger partial charge >= 0.3 is 0 Å². The predicted octanol–water partition coefficient (Wildman–Crippen LogP) is 7.34. The predicted molar refractivity (Wildman–Crippen MR) is 127 cm³/mol. The van der Waals surface area contributed by atoms with E-state index in [1.165, 1.54) is 30.2 Å². The maximum Gasteiger partial charge on any atom is 0.270 e. The van der Waals surface area contributed by atoms with Crippen LogP contribution in [0, 0.1) is 10.1 Å². The minimum Gasteiger partial charge on any atom is -0.294 e. The van der Waals surface area contributed by atoms with E-state index in [0.717, 1.165) is 18.4 Å². The van der Waals surface area contributed by atoms with Gasteiger partial charge in [0.25, 0.3) is 5.69 Å². The van der Waals surface area contributed by atoms with Crippen molar-refractivity contribution in [2.75, 3.05) is 0 Å². The first-order chi connectivity index (χ1) is 14.2. The van der Waals surface area contributed by atoms with Gasteiger partial charge < -0.3 is 0 Å². The van der Waals surface area contributed by atoms with E-state index < -0.39 is 13.0 Å². The zero-order valence-corrected chi connectivity index (χ0v) is 19.6. The number of carbonyl (C=O) groups excluding carboxylic acids is 1. The number of benzene rings is 2. The van der Waals surface area contributed by atoms with Gasteiger partial charge in [0.1, 0.15) is 0 Å². The van der Waals surface area contributed by atoms with Crippen LogP contribution >= 0.6 is 0 Å². The molecule has 0 spiro atoms. The molecule has 0 saturated heterocycles. The number of non-ortho nitro benzene ring substituents is 1. The first-order valence-corrected chi connectivity index (χ1v) is 14.3. The number of rotatable bonds is 11. The van der Waals surface area contributed by atoms with Crippen LogP contribution < -0.4 is 0 Å². The summed E-state index contributed by atoms with van der Waals surface area (Å²) in [5, 5.41) is 12.5. The fourth-order valence-corrected chi connectivity index (χ4v) is 5.88. The number of carbonyl (C=O) groups is 1. The smallest absolute Gasteiger partial charge is 0.270 e. The summed E-state index contributed by atoms with van der Waals surface area (Å²) in [7, 11) is -1.69. The van der Waals surface area contributed by atoms with Crippen LogP contribution in [0.4, 0.5) is 5.69 Å². The molecule has 0 heterocycles. The molecule has 2 rings (SSSR count). The van der Waals surface area contributed by atoms with Gasteiger partial charge in [0.15, 0.2) is 5.78 Å². The molecule has 0 aromatic heterocycles. The monoisotopic (exact) mass is 423 g/mol. The van der Waals surface area contributed by atoms with Crippen LogP contribution in [0.2, 0.25) is 19.6 Å². The zero-order valence-electron chi connectivity index (χ0n) is 18.6. The van der Waals surface area contributed by atoms with Crippen molar-refractivity contribution in [1.29, 1.82) is 0 Å². The van der Waals surface area contributed by atoms with E-state index in [4.69, 9.17) is 0 Å². The molecule has 0 N–H and O–H groups in total. The Morgan fingerprint density at radius 1 is 1.07 bits per heavy atom. The summed E-state index contributed by atoms with van der Waals surface area (Å²) in [5.74, 6) is -0.0449. The van der Waals surface area contributed by atoms with Crippen LogP contribution in [0.3, 0.4) is 0 Å². The molecular weight excluding hydrogens is 390 g/mol. The van der Waals surface area contributed by atoms with E-state index in [9.17, 15) is 14.9 Å². The molecule has 160 valence electrons. The van der Waals surface area contributed by atoms with E-state index in [0.29, 0.717) is 12.0 Å². The highest BCUT2D eigenvalue weighted by atomic mass is 28.3. The van der Waals surface area contributed by atoms with Crippen molar-refractivity contribution in [3.05, 3.63) is 87.1 Å². The minimum absolute atomic E-state index is 0.00579. The standard InChI is InChI=1S/C25H33NO3Si/c1-5-6-7-11-17-25(30(2,3)4)23(20-13-9-8-10-14-20)19-24(27)21-15-12-16-22(18-21)26(28)29/h8-10,12-18,23H,5-7,11,19H2,1-4H3/b25-17-. The van der Waals surface area contributed by atoms with Crippen molar-refractivity contribution in [3.8, 4) is 0 Å². The average Bonchev–Trinajstić information content (AvgIpc) is 2.72. The van der Waals surface area contributed by atoms with Crippen molar-refractivity contribution < 1.29 is 9.72 Å². The SMILES string of the molecule is CCCCC/C=C(/C(CC(=O)c1cccc([N+](=O)[O-])c1)c1ccccc1)[Si](C)(C)C. The first-order valence-electron chi connectivity index (χ1n) is 10.8. The van der Waals surface area contributed by atoms with Crippen LogP contribution in [0.15, 0.2) is 65.9 Å². The third-order valence-corrected chi connectivity index (χ3v) is 7.67. The summed E-state index contributed by atoms with van der Waals surface area (Å²) < 4.78 is 0. The Bertz CT molecular complexity index is 885. The third kappa shape index (κ3) is 6.77. The molecule has 0 bridgehead atoms. The summed E-state index contributed by atoms with van der Waals surface area (Å²) >= 11 is 0. The van der Waals surface area contributed by atoms with Gasteiger partial charge in [0.05, 0.1) is 13.0 Å². The van der Waals surface area contributed by atoms with E-state index in [2.05, 4.69) is 44.8 Å². The Hall–Kier alpha value is -2.53. The van der Waals surface area contributed by atoms with Gasteiger partial charge in [0, 0.05) is 30.0 Å². The second-order valence-corrected chi connectivity index (χ2v) is 13.9. The quantitative estimate of drug-likeness (QED) is 0.125. The van der Waals surface area contributed by atoms with Crippen LogP contribution in [0.25, 0.3) is 0 Å². The molecule has 0 amide bonds. The van der Waals surface area contributed by atoms with Crippen molar-refractivity contribution in [2.45, 2.75) is 64.6 Å². The van der Waals surface area contributed by atoms with Gasteiger partial charge in [-0.3, -0.25) is 14.9 Å². The Morgan fingerprint density at radius 3 is 2.37 bits per heavy atom. The number of hydrogen-bond acceptors (Lipinski definition) is 3. The van der Waals surface area contributed by atoms with Gasteiger partial charge in [0.2, 0.25) is 0 Å². The van der Waals surface area contributed by atoms with Crippen LogP contribution in [0.1, 0.15) is 60.9 Å². The van der Waals surface area contributed by atoms with E-state index in [1.54, 1.807) is 12.1 Å². The highest BCUT2D eigenvalue weighted by molar-refractivity contribution is 6.83. The molecule has 1 unspecified atom stereocenters. The fraction of sp³-hybridized carbons (Fsp3) is 0.400. The molecule has 4 nitrogen and oxygen atoms in total. The average molecular weight is 424 g/mol. The maximum atomic E-state index is 13.2. The number of nitro benzene ring substituents is 1. The molecule has 30 heavy (non-hydrogen) atoms. The van der Waals surface area contributed by atoms with E-state index in [-0.39, 0.29) is 17.4 Å². The molecule has 0 aliphatic rings. The highest BCUT2D eigenvalue weighted by Crippen LogP contribution is 2.36. The molecule has 0 aliphatic carbocycles. The Kier molecular flexibility index (Phi) is 8.72. The molecular formula is C25H33NO3Si. The lowest BCUT2D eigenvalue weighted by atomic mass is 9.90. The second kappa shape index (κ2) is 11.0. The van der Waals surface area contributed by atoms with Gasteiger partial charge in [-0.25, -0.2) is 0 Å². The molecule has 5 heteroatoms. The topological polar surface area (TPSA) is 60.2 Å². The van der Waals surface area contributed by atoms with E-state index in [1.807, 2.05) is 18.2 Å². The summed E-state index contributed by atoms with van der Waals surface area (Å²) in [4.78, 5) is 23.8. The van der Waals surface area contributed by atoms with Crippen molar-refractivity contribution in [2.24, 2.45) is 0 Å². The maximum absolute atomic E-state index is 13.2. The molecule has 0 saturated carbocycles. The Balaban J connectivity index is 2.40. The molecule has 2 aromatic carbocycles. The lowest BCUT2D eigenvalue weighted by molar-refractivity contribution is -0.384. The summed E-state index contributed by atoms with van der Waals surface area (Å²) in [5.41, 5.74) is 1.50. The van der Waals surface area contributed by atoms with Crippen LogP contribution in [-0.2, 0) is 0 Å². The molecule has 0 fully saturated rings. The Morgan fingerprint density at radius 2 is 1.77 bits per heavy atom. The number of allylic oxidation sites excluding steroid dienone is 2. The molecule has 2 aromatic rings. The van der Waals surface area contributed by atoms with Crippen LogP contribution in [-0.4, -0.2) is 18.8 Å². The van der Waals surface area contributed by atoms with Crippen molar-refractivity contribution in [1.82, 2.24) is 0 Å². The van der Waals surface area contributed by atoms with Gasteiger partial charge in [-0.2, -0.15) is 0 Å². The molecule has 0 radical (unpaired) electrons. The Labute approximate surface area is 181 Å². The van der Waals surface area contributed by atoms with E-state index >= 15 is 0 Å². The number of hydrogen-bond donors (Lipinski definition) is 0. The van der Waals surface area contributed by atoms with Gasteiger partial charge in [-0.05, 0) is 18.4 Å². The fourth-order valence-electron chi connectivity index (χ4n) is 3.81. The van der Waals surface area contributed by atoms with Crippen molar-refractivity contribution in [3.63, 3.8) is 0 Å². The number of nitrogens with zero attached hydrogens (tertiary/aromatic N) is 1. The lowest BCUT2D eigenvalue weighted by Crippen LogP contribution is -2.29. The van der Waals surface area contributed by atoms with Crippen molar-refractivity contribution >= 4 is 19.5 Å². The highest BCUT2D eigenvalue weighted by Gasteiger charge is 2.30. The van der Waals surface area contributed by atoms with Gasteiger partial charge in [-0.1, -0.05) is 93.1 Å². The summed E-state index contributed by atoms with van der Waals surface area (Å²) in [6.45, 7) is 9.18. The number of ketones is 1. The number of nitro groups is 1. The zero-order chi connectivity index (χ0) is 22.1. The normalized spacial score (nSPS) is 13.1. The summed E-state index contributed by atoms with van der Waals surface area (Å²) in [6, 6.07) is 16.3. The molecule has 1 atom stereocenters. The summed E-state index contributed by atoms with van der Waals surface area (Å²) in [6.07, 6.45) is 7.28. The first kappa shape index (κ1) is 23.7. The molecule has 0 aliphatic heterocycles. The van der Waals surface area contributed by atoms with Crippen LogP contribution in [0.5, 0.6) is 0 Å². The minimum atomic E-state index is -1.69. The second-order valence-electron chi connectivity index (χ2n) is 8.80. The van der Waals surface area contributed by atoms with Gasteiger partial charge in [-0.15, -0.1) is 0 Å². The lowest BCUT2D eigenvalue weighted by Gasteiger charge is -2.30. The number of unbranched alkanes of at least 4 members (excludes halogenated alkanes) is 3.